The number of fused-ring (bicyclic) bond motifs is 1. The van der Waals surface area contributed by atoms with Crippen LogP contribution in [0.3, 0.4) is 0 Å². The van der Waals surface area contributed by atoms with Crippen LogP contribution in [0.5, 0.6) is 5.75 Å². The molecule has 0 bridgehead atoms. The van der Waals surface area contributed by atoms with Gasteiger partial charge in [-0.05, 0) is 43.9 Å². The summed E-state index contributed by atoms with van der Waals surface area (Å²) < 4.78 is 5.82. The Morgan fingerprint density at radius 1 is 1.16 bits per heavy atom. The van der Waals surface area contributed by atoms with Gasteiger partial charge in [-0.2, -0.15) is 0 Å². The van der Waals surface area contributed by atoms with E-state index in [0.717, 1.165) is 5.56 Å². The Bertz CT molecular complexity index is 753. The third-order valence-corrected chi connectivity index (χ3v) is 3.75. The molecule has 142 valence electrons. The Morgan fingerprint density at radius 2 is 1.80 bits per heavy atom. The molecule has 0 fully saturated rings. The first kappa shape index (κ1) is 21.5. The Labute approximate surface area is 154 Å². The number of imidazole rings is 1. The van der Waals surface area contributed by atoms with Gasteiger partial charge in [0.25, 0.3) is 0 Å². The number of hydrogen-bond acceptors (Lipinski definition) is 4. The maximum Gasteiger partial charge on any atom is 0.323 e. The van der Waals surface area contributed by atoms with E-state index in [1.54, 1.807) is 0 Å². The zero-order valence-corrected chi connectivity index (χ0v) is 16.6. The monoisotopic (exact) mass is 371 g/mol. The number of aliphatic hydroxyl groups is 1. The van der Waals surface area contributed by atoms with Gasteiger partial charge in [0.05, 0.1) is 5.52 Å². The van der Waals surface area contributed by atoms with Gasteiger partial charge in [-0.15, -0.1) is 12.4 Å². The summed E-state index contributed by atoms with van der Waals surface area (Å²) in [6.07, 6.45) is -0.636. The Balaban J connectivity index is 0.00000312. The third kappa shape index (κ3) is 6.06. The van der Waals surface area contributed by atoms with E-state index >= 15 is 0 Å². The van der Waals surface area contributed by atoms with Crippen LogP contribution in [0.4, 0.5) is 0 Å². The molecule has 2 rings (SSSR count). The van der Waals surface area contributed by atoms with Crippen LogP contribution in [0.15, 0.2) is 16.9 Å². The highest BCUT2D eigenvalue weighted by molar-refractivity contribution is 5.85. The number of aromatic amines is 2. The molecule has 25 heavy (non-hydrogen) atoms. The van der Waals surface area contributed by atoms with Crippen molar-refractivity contribution >= 4 is 23.4 Å². The zero-order chi connectivity index (χ0) is 18.1. The fourth-order valence-corrected chi connectivity index (χ4v) is 2.33. The maximum atomic E-state index is 11.6. The minimum Gasteiger partial charge on any atom is -0.489 e. The summed E-state index contributed by atoms with van der Waals surface area (Å²) in [7, 11) is 0. The molecule has 7 heteroatoms. The second-order valence-corrected chi connectivity index (χ2v) is 8.32. The number of nitrogens with one attached hydrogen (secondary N) is 3. The Morgan fingerprint density at radius 3 is 2.36 bits per heavy atom. The summed E-state index contributed by atoms with van der Waals surface area (Å²) in [6.45, 7) is 13.0. The highest BCUT2D eigenvalue weighted by Crippen LogP contribution is 2.31. The van der Waals surface area contributed by atoms with E-state index < -0.39 is 6.10 Å². The average molecular weight is 372 g/mol. The number of rotatable bonds is 5. The molecule has 1 aromatic carbocycles. The Kier molecular flexibility index (Phi) is 6.73. The van der Waals surface area contributed by atoms with Gasteiger partial charge in [0.1, 0.15) is 24.0 Å². The smallest absolute Gasteiger partial charge is 0.323 e. The largest absolute Gasteiger partial charge is 0.489 e. The average Bonchev–Trinajstić information content (AvgIpc) is 2.80. The predicted octanol–water partition coefficient (Wildman–Crippen LogP) is 2.70. The van der Waals surface area contributed by atoms with Crippen molar-refractivity contribution in [2.24, 2.45) is 0 Å². The summed E-state index contributed by atoms with van der Waals surface area (Å²) in [6, 6.07) is 3.88. The number of hydrogen-bond donors (Lipinski definition) is 4. The standard InChI is InChI=1S/C18H29N3O3.ClH/c1-17(2,3)11-7-13-15(21-16(23)20-13)14(8-11)24-10-12(22)9-19-18(4,5)6;/h7-8,12,19,22H,9-10H2,1-6H3,(H2,20,21,23);1H. The van der Waals surface area contributed by atoms with Crippen molar-refractivity contribution in [2.75, 3.05) is 13.2 Å². The molecule has 0 aliphatic carbocycles. The minimum atomic E-state index is -0.636. The molecule has 1 unspecified atom stereocenters. The van der Waals surface area contributed by atoms with Gasteiger partial charge >= 0.3 is 5.69 Å². The minimum absolute atomic E-state index is 0. The predicted molar refractivity (Wildman–Crippen MR) is 104 cm³/mol. The van der Waals surface area contributed by atoms with Gasteiger partial charge in [-0.1, -0.05) is 20.8 Å². The summed E-state index contributed by atoms with van der Waals surface area (Å²) >= 11 is 0. The first-order valence-electron chi connectivity index (χ1n) is 8.28. The first-order chi connectivity index (χ1) is 11.0. The first-order valence-corrected chi connectivity index (χ1v) is 8.28. The molecule has 0 spiro atoms. The molecule has 0 radical (unpaired) electrons. The Hall–Kier alpha value is -1.50. The highest BCUT2D eigenvalue weighted by Gasteiger charge is 2.19. The molecule has 1 heterocycles. The van der Waals surface area contributed by atoms with Crippen molar-refractivity contribution in [1.29, 1.82) is 0 Å². The molecule has 0 aliphatic heterocycles. The number of β-amino-alcohol motifs (C(OH)–C–C–N with tert-alkyl or cyclic N) is 1. The van der Waals surface area contributed by atoms with Crippen LogP contribution in [0.1, 0.15) is 47.1 Å². The van der Waals surface area contributed by atoms with Crippen molar-refractivity contribution in [3.8, 4) is 5.75 Å². The fourth-order valence-electron chi connectivity index (χ4n) is 2.33. The maximum absolute atomic E-state index is 11.6. The molecule has 0 aliphatic rings. The molecule has 0 saturated heterocycles. The normalized spacial score (nSPS) is 13.6. The SMILES string of the molecule is CC(C)(C)NCC(O)COc1cc(C(C)(C)C)cc2[nH]c(=O)[nH]c12.Cl. The lowest BCUT2D eigenvalue weighted by Crippen LogP contribution is -2.42. The van der Waals surface area contributed by atoms with Gasteiger partial charge in [0, 0.05) is 12.1 Å². The molecule has 6 nitrogen and oxygen atoms in total. The van der Waals surface area contributed by atoms with Crippen LogP contribution in [-0.4, -0.2) is 39.9 Å². The van der Waals surface area contributed by atoms with Crippen molar-refractivity contribution < 1.29 is 9.84 Å². The lowest BCUT2D eigenvalue weighted by atomic mass is 9.86. The topological polar surface area (TPSA) is 90.1 Å². The van der Waals surface area contributed by atoms with E-state index in [9.17, 15) is 9.90 Å². The molecular weight excluding hydrogens is 342 g/mol. The van der Waals surface area contributed by atoms with Gasteiger partial charge in [-0.3, -0.25) is 0 Å². The molecule has 1 aromatic heterocycles. The van der Waals surface area contributed by atoms with Crippen molar-refractivity contribution in [1.82, 2.24) is 15.3 Å². The van der Waals surface area contributed by atoms with Crippen LogP contribution in [0, 0.1) is 0 Å². The number of ether oxygens (including phenoxy) is 1. The van der Waals surface area contributed by atoms with Crippen LogP contribution in [-0.2, 0) is 5.41 Å². The van der Waals surface area contributed by atoms with Crippen LogP contribution in [0.2, 0.25) is 0 Å². The number of benzene rings is 1. The van der Waals surface area contributed by atoms with E-state index in [1.165, 1.54) is 0 Å². The molecule has 0 amide bonds. The second kappa shape index (κ2) is 7.81. The van der Waals surface area contributed by atoms with Crippen LogP contribution in [0.25, 0.3) is 11.0 Å². The molecule has 4 N–H and O–H groups in total. The summed E-state index contributed by atoms with van der Waals surface area (Å²) in [5.41, 5.74) is 1.99. The number of aliphatic hydroxyl groups excluding tert-OH is 1. The van der Waals surface area contributed by atoms with E-state index in [4.69, 9.17) is 4.74 Å². The third-order valence-electron chi connectivity index (χ3n) is 3.75. The van der Waals surface area contributed by atoms with Gasteiger partial charge in [-0.25, -0.2) is 4.79 Å². The van der Waals surface area contributed by atoms with Crippen molar-refractivity contribution in [3.05, 3.63) is 28.2 Å². The lowest BCUT2D eigenvalue weighted by molar-refractivity contribution is 0.101. The number of H-pyrrole nitrogens is 2. The van der Waals surface area contributed by atoms with E-state index in [-0.39, 0.29) is 35.7 Å². The van der Waals surface area contributed by atoms with Gasteiger partial charge in [0.2, 0.25) is 0 Å². The summed E-state index contributed by atoms with van der Waals surface area (Å²) in [4.78, 5) is 17.2. The van der Waals surface area contributed by atoms with Gasteiger partial charge < -0.3 is 25.1 Å². The van der Waals surface area contributed by atoms with E-state index in [2.05, 4.69) is 36.1 Å². The molecule has 0 saturated carbocycles. The second-order valence-electron chi connectivity index (χ2n) is 8.32. The molecule has 1 atom stereocenters. The van der Waals surface area contributed by atoms with E-state index in [0.29, 0.717) is 23.3 Å². The quantitative estimate of drug-likeness (QED) is 0.650. The van der Waals surface area contributed by atoms with Crippen molar-refractivity contribution in [2.45, 2.75) is 58.6 Å². The van der Waals surface area contributed by atoms with Crippen LogP contribution >= 0.6 is 12.4 Å². The summed E-state index contributed by atoms with van der Waals surface area (Å²) in [5.74, 6) is 0.575. The lowest BCUT2D eigenvalue weighted by Gasteiger charge is -2.23. The summed E-state index contributed by atoms with van der Waals surface area (Å²) in [5, 5.41) is 13.4. The van der Waals surface area contributed by atoms with Crippen LogP contribution < -0.4 is 15.7 Å². The molecule has 2 aromatic rings. The van der Waals surface area contributed by atoms with Crippen molar-refractivity contribution in [3.63, 3.8) is 0 Å². The molecular formula is C18H30ClN3O3. The fraction of sp³-hybridized carbons (Fsp3) is 0.611. The van der Waals surface area contributed by atoms with E-state index in [1.807, 2.05) is 32.9 Å². The number of aromatic nitrogens is 2. The number of halogens is 1. The van der Waals surface area contributed by atoms with Gasteiger partial charge in [0.15, 0.2) is 0 Å². The zero-order valence-electron chi connectivity index (χ0n) is 15.8. The highest BCUT2D eigenvalue weighted by atomic mass is 35.5.